The van der Waals surface area contributed by atoms with Crippen molar-refractivity contribution in [2.75, 3.05) is 5.32 Å². The van der Waals surface area contributed by atoms with E-state index in [-0.39, 0.29) is 10.8 Å². The number of anilines is 1. The summed E-state index contributed by atoms with van der Waals surface area (Å²) in [5, 5.41) is 8.64. The lowest BCUT2D eigenvalue weighted by atomic mass is 10.0. The van der Waals surface area contributed by atoms with Gasteiger partial charge in [-0.3, -0.25) is 9.59 Å². The molecule has 37 heavy (non-hydrogen) atoms. The van der Waals surface area contributed by atoms with Crippen LogP contribution in [0.3, 0.4) is 0 Å². The third-order valence-corrected chi connectivity index (χ3v) is 8.20. The molecular formula is C28H29N3O4S2. The van der Waals surface area contributed by atoms with E-state index in [0.717, 1.165) is 5.56 Å². The number of carbonyl (C=O) groups is 2. The Kier molecular flexibility index (Phi) is 7.77. The van der Waals surface area contributed by atoms with Crippen LogP contribution in [0.25, 0.3) is 10.8 Å². The normalized spacial score (nSPS) is 12.7. The van der Waals surface area contributed by atoms with Gasteiger partial charge in [-0.15, -0.1) is 11.3 Å². The van der Waals surface area contributed by atoms with Crippen LogP contribution in [0.5, 0.6) is 0 Å². The number of benzene rings is 3. The molecule has 0 spiro atoms. The minimum atomic E-state index is -3.81. The predicted octanol–water partition coefficient (Wildman–Crippen LogP) is 4.96. The van der Waals surface area contributed by atoms with Gasteiger partial charge in [0.2, 0.25) is 15.9 Å². The molecule has 192 valence electrons. The molecule has 0 radical (unpaired) electrons. The molecule has 3 N–H and O–H groups in total. The monoisotopic (exact) mass is 535 g/mol. The molecule has 1 aromatic heterocycles. The summed E-state index contributed by atoms with van der Waals surface area (Å²) in [5.74, 6) is -0.729. The SMILES string of the molecule is CC(C)(C)NS(=O)(=O)c1cccc2c(NC(=O)C(Cc3ccccc3)NC(=O)c3cccs3)cccc12. The van der Waals surface area contributed by atoms with Gasteiger partial charge in [-0.05, 0) is 49.9 Å². The molecule has 2 amide bonds. The van der Waals surface area contributed by atoms with Crippen molar-refractivity contribution in [2.45, 2.75) is 43.7 Å². The molecule has 1 heterocycles. The summed E-state index contributed by atoms with van der Waals surface area (Å²) >= 11 is 1.30. The van der Waals surface area contributed by atoms with Crippen LogP contribution in [-0.4, -0.2) is 31.8 Å². The molecule has 0 saturated carbocycles. The predicted molar refractivity (Wildman–Crippen MR) is 148 cm³/mol. The van der Waals surface area contributed by atoms with Crippen molar-refractivity contribution in [3.63, 3.8) is 0 Å². The molecule has 0 aliphatic heterocycles. The lowest BCUT2D eigenvalue weighted by molar-refractivity contribution is -0.118. The number of hydrogen-bond donors (Lipinski definition) is 3. The summed E-state index contributed by atoms with van der Waals surface area (Å²) in [4.78, 5) is 26.9. The van der Waals surface area contributed by atoms with E-state index in [1.165, 1.54) is 11.3 Å². The van der Waals surface area contributed by atoms with Gasteiger partial charge in [0.05, 0.1) is 9.77 Å². The van der Waals surface area contributed by atoms with Crippen molar-refractivity contribution in [3.05, 3.63) is 94.7 Å². The van der Waals surface area contributed by atoms with E-state index in [4.69, 9.17) is 0 Å². The summed E-state index contributed by atoms with van der Waals surface area (Å²) in [7, 11) is -3.81. The Labute approximate surface area is 221 Å². The first-order valence-corrected chi connectivity index (χ1v) is 14.1. The molecule has 4 aromatic rings. The zero-order chi connectivity index (χ0) is 26.6. The molecule has 9 heteroatoms. The highest BCUT2D eigenvalue weighted by Gasteiger charge is 2.26. The molecule has 0 aliphatic rings. The van der Waals surface area contributed by atoms with Crippen molar-refractivity contribution < 1.29 is 18.0 Å². The number of sulfonamides is 1. The van der Waals surface area contributed by atoms with Crippen molar-refractivity contribution in [2.24, 2.45) is 0 Å². The Morgan fingerprint density at radius 2 is 1.57 bits per heavy atom. The standard InChI is InChI=1S/C28H29N3O4S2/c1-28(2,3)31-37(34,35)25-16-8-12-20-21(25)13-7-14-22(20)29-26(32)23(18-19-10-5-4-6-11-19)30-27(33)24-15-9-17-36-24/h4-17,23,31H,18H2,1-3H3,(H,29,32)(H,30,33). The Morgan fingerprint density at radius 3 is 2.24 bits per heavy atom. The number of thiophene rings is 1. The Balaban J connectivity index is 1.65. The van der Waals surface area contributed by atoms with Gasteiger partial charge in [0.1, 0.15) is 6.04 Å². The quantitative estimate of drug-likeness (QED) is 0.297. The zero-order valence-electron chi connectivity index (χ0n) is 20.8. The third kappa shape index (κ3) is 6.62. The fourth-order valence-electron chi connectivity index (χ4n) is 4.00. The first kappa shape index (κ1) is 26.5. The highest BCUT2D eigenvalue weighted by atomic mass is 32.2. The number of fused-ring (bicyclic) bond motifs is 1. The second-order valence-corrected chi connectivity index (χ2v) is 12.3. The number of rotatable bonds is 8. The van der Waals surface area contributed by atoms with E-state index in [0.29, 0.717) is 27.8 Å². The van der Waals surface area contributed by atoms with Crippen LogP contribution in [0.4, 0.5) is 5.69 Å². The smallest absolute Gasteiger partial charge is 0.262 e. The van der Waals surface area contributed by atoms with Crippen molar-refractivity contribution in [1.82, 2.24) is 10.0 Å². The molecule has 0 fully saturated rings. The Bertz CT molecular complexity index is 1510. The van der Waals surface area contributed by atoms with Gasteiger partial charge in [0.15, 0.2) is 0 Å². The number of hydrogen-bond acceptors (Lipinski definition) is 5. The van der Waals surface area contributed by atoms with Gasteiger partial charge < -0.3 is 10.6 Å². The Hall–Kier alpha value is -3.53. The van der Waals surface area contributed by atoms with E-state index in [1.54, 1.807) is 74.7 Å². The summed E-state index contributed by atoms with van der Waals surface area (Å²) in [6.45, 7) is 5.33. The van der Waals surface area contributed by atoms with Crippen molar-refractivity contribution in [3.8, 4) is 0 Å². The average Bonchev–Trinajstić information content (AvgIpc) is 3.38. The van der Waals surface area contributed by atoms with Crippen LogP contribution < -0.4 is 15.4 Å². The van der Waals surface area contributed by atoms with Crippen LogP contribution >= 0.6 is 11.3 Å². The number of nitrogens with one attached hydrogen (secondary N) is 3. The minimum absolute atomic E-state index is 0.128. The highest BCUT2D eigenvalue weighted by molar-refractivity contribution is 7.89. The molecule has 7 nitrogen and oxygen atoms in total. The highest BCUT2D eigenvalue weighted by Crippen LogP contribution is 2.29. The van der Waals surface area contributed by atoms with Gasteiger partial charge in [-0.25, -0.2) is 13.1 Å². The van der Waals surface area contributed by atoms with Gasteiger partial charge in [-0.1, -0.05) is 60.7 Å². The maximum absolute atomic E-state index is 13.5. The average molecular weight is 536 g/mol. The molecule has 0 saturated heterocycles. The van der Waals surface area contributed by atoms with Crippen LogP contribution in [0, 0.1) is 0 Å². The minimum Gasteiger partial charge on any atom is -0.339 e. The largest absolute Gasteiger partial charge is 0.339 e. The molecule has 4 rings (SSSR count). The zero-order valence-corrected chi connectivity index (χ0v) is 22.4. The molecular weight excluding hydrogens is 506 g/mol. The number of carbonyl (C=O) groups excluding carboxylic acids is 2. The molecule has 3 aromatic carbocycles. The van der Waals surface area contributed by atoms with Gasteiger partial charge >= 0.3 is 0 Å². The molecule has 1 unspecified atom stereocenters. The van der Waals surface area contributed by atoms with Gasteiger partial charge in [-0.2, -0.15) is 0 Å². The lowest BCUT2D eigenvalue weighted by Gasteiger charge is -2.22. The lowest BCUT2D eigenvalue weighted by Crippen LogP contribution is -2.45. The van der Waals surface area contributed by atoms with Crippen LogP contribution in [-0.2, 0) is 21.2 Å². The van der Waals surface area contributed by atoms with Crippen LogP contribution in [0.1, 0.15) is 36.0 Å². The van der Waals surface area contributed by atoms with E-state index >= 15 is 0 Å². The second kappa shape index (κ2) is 10.8. The maximum Gasteiger partial charge on any atom is 0.262 e. The third-order valence-electron chi connectivity index (χ3n) is 5.52. The summed E-state index contributed by atoms with van der Waals surface area (Å²) in [5.41, 5.74) is 0.700. The second-order valence-electron chi connectivity index (χ2n) is 9.69. The van der Waals surface area contributed by atoms with E-state index in [2.05, 4.69) is 15.4 Å². The summed E-state index contributed by atoms with van der Waals surface area (Å²) in [6.07, 6.45) is 0.295. The van der Waals surface area contributed by atoms with Gasteiger partial charge in [0, 0.05) is 28.4 Å². The summed E-state index contributed by atoms with van der Waals surface area (Å²) in [6, 6.07) is 22.2. The molecule has 0 aliphatic carbocycles. The van der Waals surface area contributed by atoms with Gasteiger partial charge in [0.25, 0.3) is 5.91 Å². The Morgan fingerprint density at radius 1 is 0.865 bits per heavy atom. The van der Waals surface area contributed by atoms with E-state index in [9.17, 15) is 18.0 Å². The molecule has 1 atom stereocenters. The van der Waals surface area contributed by atoms with E-state index in [1.807, 2.05) is 30.3 Å². The number of amides is 2. The fourth-order valence-corrected chi connectivity index (χ4v) is 6.27. The van der Waals surface area contributed by atoms with Crippen LogP contribution in [0.2, 0.25) is 0 Å². The van der Waals surface area contributed by atoms with Crippen molar-refractivity contribution >= 4 is 49.6 Å². The van der Waals surface area contributed by atoms with Crippen LogP contribution in [0.15, 0.2) is 89.1 Å². The fraction of sp³-hybridized carbons (Fsp3) is 0.214. The first-order valence-electron chi connectivity index (χ1n) is 11.8. The topological polar surface area (TPSA) is 104 Å². The van der Waals surface area contributed by atoms with Crippen molar-refractivity contribution in [1.29, 1.82) is 0 Å². The molecule has 0 bridgehead atoms. The maximum atomic E-state index is 13.5. The van der Waals surface area contributed by atoms with E-state index < -0.39 is 27.5 Å². The summed E-state index contributed by atoms with van der Waals surface area (Å²) < 4.78 is 28.9. The first-order chi connectivity index (χ1) is 17.5.